The lowest BCUT2D eigenvalue weighted by molar-refractivity contribution is -0.137. The minimum absolute atomic E-state index is 0.113. The van der Waals surface area contributed by atoms with Crippen molar-refractivity contribution in [2.45, 2.75) is 45.1 Å². The Morgan fingerprint density at radius 1 is 1.09 bits per heavy atom. The number of halogens is 3. The zero-order valence-corrected chi connectivity index (χ0v) is 12.7. The molecule has 0 spiro atoms. The molecule has 1 aliphatic rings. The molecular weight excluding hydrogens is 298 g/mol. The summed E-state index contributed by atoms with van der Waals surface area (Å²) in [5.74, 6) is 0. The number of alkyl halides is 3. The molecule has 4 nitrogen and oxygen atoms in total. The fourth-order valence-electron chi connectivity index (χ4n) is 2.10. The van der Waals surface area contributed by atoms with Gasteiger partial charge in [0, 0.05) is 0 Å². The van der Waals surface area contributed by atoms with E-state index in [0.29, 0.717) is 0 Å². The van der Waals surface area contributed by atoms with Gasteiger partial charge in [-0.3, -0.25) is 0 Å². The monoisotopic (exact) mass is 315 g/mol. The van der Waals surface area contributed by atoms with Crippen molar-refractivity contribution >= 4 is 18.8 Å². The predicted molar refractivity (Wildman–Crippen MR) is 76.5 cm³/mol. The molecule has 0 unspecified atom stereocenters. The van der Waals surface area contributed by atoms with Crippen LogP contribution in [0.25, 0.3) is 0 Å². The molecule has 1 saturated heterocycles. The predicted octanol–water partition coefficient (Wildman–Crippen LogP) is 2.81. The fourth-order valence-corrected chi connectivity index (χ4v) is 2.10. The van der Waals surface area contributed by atoms with Crippen molar-refractivity contribution < 1.29 is 27.7 Å². The number of nitrogens with zero attached hydrogens (tertiary/aromatic N) is 1. The number of hydrogen-bond donors (Lipinski definition) is 1. The van der Waals surface area contributed by atoms with Crippen molar-refractivity contribution in [1.82, 2.24) is 0 Å². The van der Waals surface area contributed by atoms with E-state index in [1.54, 1.807) is 0 Å². The summed E-state index contributed by atoms with van der Waals surface area (Å²) in [6.07, 6.45) is -3.58. The van der Waals surface area contributed by atoms with Crippen LogP contribution in [-0.2, 0) is 15.5 Å². The molecule has 22 heavy (non-hydrogen) atoms. The van der Waals surface area contributed by atoms with Gasteiger partial charge < -0.3 is 14.5 Å². The van der Waals surface area contributed by atoms with Crippen molar-refractivity contribution in [2.24, 2.45) is 5.16 Å². The Morgan fingerprint density at radius 3 is 2.09 bits per heavy atom. The molecule has 8 heteroatoms. The van der Waals surface area contributed by atoms with E-state index < -0.39 is 30.1 Å². The van der Waals surface area contributed by atoms with Gasteiger partial charge in [0.15, 0.2) is 0 Å². The van der Waals surface area contributed by atoms with Crippen molar-refractivity contribution in [3.63, 3.8) is 0 Å². The molecule has 0 saturated carbocycles. The lowest BCUT2D eigenvalue weighted by atomic mass is 9.77. The minimum atomic E-state index is -4.52. The summed E-state index contributed by atoms with van der Waals surface area (Å²) in [4.78, 5) is 0. The number of hydrogen-bond acceptors (Lipinski definition) is 4. The first-order valence-electron chi connectivity index (χ1n) is 6.71. The maximum Gasteiger partial charge on any atom is 0.494 e. The van der Waals surface area contributed by atoms with Crippen LogP contribution in [0.3, 0.4) is 0 Å². The molecule has 2 rings (SSSR count). The van der Waals surface area contributed by atoms with E-state index in [-0.39, 0.29) is 11.0 Å². The molecule has 0 atom stereocenters. The largest absolute Gasteiger partial charge is 0.494 e. The number of oxime groups is 1. The van der Waals surface area contributed by atoms with Gasteiger partial charge in [-0.2, -0.15) is 13.2 Å². The molecule has 0 radical (unpaired) electrons. The van der Waals surface area contributed by atoms with E-state index in [4.69, 9.17) is 14.5 Å². The molecule has 1 aromatic carbocycles. The van der Waals surface area contributed by atoms with Crippen LogP contribution in [0.15, 0.2) is 23.4 Å². The highest BCUT2D eigenvalue weighted by Gasteiger charge is 2.52. The van der Waals surface area contributed by atoms with Gasteiger partial charge in [0.2, 0.25) is 0 Å². The van der Waals surface area contributed by atoms with Crippen LogP contribution in [0.1, 0.15) is 38.8 Å². The topological polar surface area (TPSA) is 51.0 Å². The van der Waals surface area contributed by atoms with Gasteiger partial charge >= 0.3 is 13.3 Å². The summed E-state index contributed by atoms with van der Waals surface area (Å²) in [6.45, 7) is 7.26. The summed E-state index contributed by atoms with van der Waals surface area (Å²) in [7, 11) is -0.918. The van der Waals surface area contributed by atoms with Gasteiger partial charge in [-0.25, -0.2) is 0 Å². The average Bonchev–Trinajstić information content (AvgIpc) is 2.57. The number of rotatable bonds is 2. The zero-order chi connectivity index (χ0) is 16.8. The standard InChI is InChI=1S/C14H17BF3NO3/c1-12(2)13(3,4)22-15(21-12)11-6-9(8-19-20)5-10(7-11)14(16,17)18/h5-8,20H,1-4H3/b19-8-. The van der Waals surface area contributed by atoms with Crippen LogP contribution in [-0.4, -0.2) is 29.7 Å². The smallest absolute Gasteiger partial charge is 0.411 e. The highest BCUT2D eigenvalue weighted by Crippen LogP contribution is 2.37. The molecule has 1 fully saturated rings. The first-order chi connectivity index (χ1) is 9.96. The van der Waals surface area contributed by atoms with Gasteiger partial charge in [-0.05, 0) is 44.8 Å². The third-order valence-corrected chi connectivity index (χ3v) is 4.04. The van der Waals surface area contributed by atoms with Crippen LogP contribution < -0.4 is 5.46 Å². The zero-order valence-electron chi connectivity index (χ0n) is 12.7. The normalized spacial score (nSPS) is 20.8. The summed E-state index contributed by atoms with van der Waals surface area (Å²) in [6, 6.07) is 3.32. The van der Waals surface area contributed by atoms with E-state index in [2.05, 4.69) is 5.16 Å². The van der Waals surface area contributed by atoms with Gasteiger partial charge in [0.25, 0.3) is 0 Å². The number of benzene rings is 1. The van der Waals surface area contributed by atoms with E-state index in [1.165, 1.54) is 6.07 Å². The van der Waals surface area contributed by atoms with Gasteiger partial charge in [0.05, 0.1) is 23.0 Å². The molecule has 1 heterocycles. The van der Waals surface area contributed by atoms with Crippen LogP contribution >= 0.6 is 0 Å². The summed E-state index contributed by atoms with van der Waals surface area (Å²) in [5.41, 5.74) is -1.83. The van der Waals surface area contributed by atoms with Crippen LogP contribution in [0, 0.1) is 0 Å². The summed E-state index contributed by atoms with van der Waals surface area (Å²) >= 11 is 0. The Kier molecular flexibility index (Phi) is 4.04. The summed E-state index contributed by atoms with van der Waals surface area (Å²) in [5, 5.41) is 11.3. The molecule has 1 aliphatic heterocycles. The second-order valence-electron chi connectivity index (χ2n) is 6.22. The lowest BCUT2D eigenvalue weighted by Gasteiger charge is -2.32. The Bertz CT molecular complexity index is 583. The molecule has 120 valence electrons. The molecular formula is C14H17BF3NO3. The second kappa shape index (κ2) is 5.28. The maximum atomic E-state index is 13.0. The van der Waals surface area contributed by atoms with E-state index in [9.17, 15) is 13.2 Å². The Labute approximate surface area is 127 Å². The molecule has 0 bridgehead atoms. The maximum absolute atomic E-state index is 13.0. The average molecular weight is 315 g/mol. The van der Waals surface area contributed by atoms with E-state index in [0.717, 1.165) is 18.3 Å². The molecule has 0 amide bonds. The second-order valence-corrected chi connectivity index (χ2v) is 6.22. The lowest BCUT2D eigenvalue weighted by Crippen LogP contribution is -2.41. The Balaban J connectivity index is 2.46. The molecule has 0 aliphatic carbocycles. The molecule has 1 aromatic rings. The highest BCUT2D eigenvalue weighted by molar-refractivity contribution is 6.62. The van der Waals surface area contributed by atoms with Gasteiger partial charge in [0.1, 0.15) is 0 Å². The molecule has 1 N–H and O–H groups in total. The third kappa shape index (κ3) is 3.12. The third-order valence-electron chi connectivity index (χ3n) is 4.04. The summed E-state index contributed by atoms with van der Waals surface area (Å²) < 4.78 is 50.5. The first-order valence-corrected chi connectivity index (χ1v) is 6.71. The first kappa shape index (κ1) is 16.8. The fraction of sp³-hybridized carbons (Fsp3) is 0.500. The van der Waals surface area contributed by atoms with Crippen LogP contribution in [0.5, 0.6) is 0 Å². The SMILES string of the molecule is CC1(C)OB(c2cc(/C=N\O)cc(C(F)(F)F)c2)OC1(C)C. The Hall–Kier alpha value is -1.54. The van der Waals surface area contributed by atoms with Gasteiger partial charge in [-0.15, -0.1) is 0 Å². The van der Waals surface area contributed by atoms with Crippen LogP contribution in [0.4, 0.5) is 13.2 Å². The van der Waals surface area contributed by atoms with Crippen molar-refractivity contribution in [1.29, 1.82) is 0 Å². The van der Waals surface area contributed by atoms with Gasteiger partial charge in [-0.1, -0.05) is 17.3 Å². The van der Waals surface area contributed by atoms with E-state index in [1.807, 2.05) is 27.7 Å². The molecule has 0 aromatic heterocycles. The van der Waals surface area contributed by atoms with E-state index >= 15 is 0 Å². The van der Waals surface area contributed by atoms with Crippen molar-refractivity contribution in [3.05, 3.63) is 29.3 Å². The van der Waals surface area contributed by atoms with Crippen LogP contribution in [0.2, 0.25) is 0 Å². The van der Waals surface area contributed by atoms with Crippen molar-refractivity contribution in [2.75, 3.05) is 0 Å². The Morgan fingerprint density at radius 2 is 1.64 bits per heavy atom. The minimum Gasteiger partial charge on any atom is -0.411 e. The highest BCUT2D eigenvalue weighted by atomic mass is 19.4. The quantitative estimate of drug-likeness (QED) is 0.395. The van der Waals surface area contributed by atoms with Crippen molar-refractivity contribution in [3.8, 4) is 0 Å².